The molecule has 1 atom stereocenters. The lowest BCUT2D eigenvalue weighted by atomic mass is 9.85. The van der Waals surface area contributed by atoms with Crippen LogP contribution in [0.25, 0.3) is 0 Å². The third kappa shape index (κ3) is 3.10. The second-order valence-electron chi connectivity index (χ2n) is 5.95. The van der Waals surface area contributed by atoms with Crippen molar-refractivity contribution >= 4 is 17.6 Å². The van der Waals surface area contributed by atoms with E-state index in [9.17, 15) is 14.0 Å². The van der Waals surface area contributed by atoms with Crippen molar-refractivity contribution in [1.29, 1.82) is 0 Å². The van der Waals surface area contributed by atoms with Gasteiger partial charge in [-0.05, 0) is 36.6 Å². The molecule has 1 aromatic rings. The number of nitrogens with two attached hydrogens (primary N) is 2. The maximum Gasteiger partial charge on any atom is 0.272 e. The first-order chi connectivity index (χ1) is 11.9. The van der Waals surface area contributed by atoms with Gasteiger partial charge >= 0.3 is 0 Å². The van der Waals surface area contributed by atoms with Crippen LogP contribution in [0.5, 0.6) is 0 Å². The van der Waals surface area contributed by atoms with Crippen LogP contribution in [0.3, 0.4) is 0 Å². The molecule has 1 aliphatic heterocycles. The molecular weight excluding hydrogens is 325 g/mol. The van der Waals surface area contributed by atoms with Gasteiger partial charge in [0.2, 0.25) is 0 Å². The first kappa shape index (κ1) is 16.7. The number of fused-ring (bicyclic) bond motifs is 1. The highest BCUT2D eigenvalue weighted by molar-refractivity contribution is 6.10. The summed E-state index contributed by atoms with van der Waals surface area (Å²) in [7, 11) is 0. The van der Waals surface area contributed by atoms with Crippen LogP contribution >= 0.6 is 0 Å². The second-order valence-corrected chi connectivity index (χ2v) is 5.95. The molecule has 0 saturated carbocycles. The minimum atomic E-state index is -0.548. The van der Waals surface area contributed by atoms with E-state index in [1.807, 2.05) is 0 Å². The Bertz CT molecular complexity index is 853. The van der Waals surface area contributed by atoms with Crippen molar-refractivity contribution in [2.75, 3.05) is 0 Å². The number of carbonyl (C=O) groups excluding carboxylic acids is 2. The molecule has 0 fully saturated rings. The van der Waals surface area contributed by atoms with Crippen molar-refractivity contribution in [1.82, 2.24) is 10.7 Å². The molecular formula is C17H18FN5O2. The van der Waals surface area contributed by atoms with Crippen molar-refractivity contribution in [2.24, 2.45) is 16.6 Å². The molecule has 0 saturated heterocycles. The Kier molecular flexibility index (Phi) is 4.26. The number of amidine groups is 1. The Morgan fingerprint density at radius 3 is 2.88 bits per heavy atom. The number of rotatable bonds is 3. The maximum absolute atomic E-state index is 14.3. The number of carbonyl (C=O) groups is 2. The molecule has 1 unspecified atom stereocenters. The molecule has 6 N–H and O–H groups in total. The normalized spacial score (nSPS) is 19.7. The number of nitrogens with zero attached hydrogens (tertiary/aromatic N) is 1. The first-order valence-corrected chi connectivity index (χ1v) is 7.75. The van der Waals surface area contributed by atoms with Gasteiger partial charge in [0.1, 0.15) is 11.7 Å². The molecule has 2 aliphatic rings. The fourth-order valence-electron chi connectivity index (χ4n) is 3.05. The molecule has 0 spiro atoms. The van der Waals surface area contributed by atoms with Gasteiger partial charge in [-0.3, -0.25) is 9.59 Å². The van der Waals surface area contributed by atoms with E-state index in [-0.39, 0.29) is 35.2 Å². The first-order valence-electron chi connectivity index (χ1n) is 7.75. The summed E-state index contributed by atoms with van der Waals surface area (Å²) in [6.45, 7) is 1.77. The van der Waals surface area contributed by atoms with Gasteiger partial charge in [-0.2, -0.15) is 5.10 Å². The van der Waals surface area contributed by atoms with Gasteiger partial charge < -0.3 is 16.8 Å². The fraction of sp³-hybridized carbons (Fsp3) is 0.235. The van der Waals surface area contributed by atoms with Crippen LogP contribution in [-0.4, -0.2) is 17.6 Å². The monoisotopic (exact) mass is 343 g/mol. The molecule has 130 valence electrons. The number of halogens is 1. The summed E-state index contributed by atoms with van der Waals surface area (Å²) in [5, 5.41) is 6.34. The minimum Gasteiger partial charge on any atom is -0.399 e. The van der Waals surface area contributed by atoms with E-state index in [1.165, 1.54) is 19.1 Å². The second kappa shape index (κ2) is 6.39. The van der Waals surface area contributed by atoms with Crippen LogP contribution in [0.4, 0.5) is 4.39 Å². The largest absolute Gasteiger partial charge is 0.399 e. The molecule has 2 amide bonds. The Morgan fingerprint density at radius 1 is 1.44 bits per heavy atom. The summed E-state index contributed by atoms with van der Waals surface area (Å²) in [5.74, 6) is -1.61. The summed E-state index contributed by atoms with van der Waals surface area (Å²) in [6, 6.07) is 3.17. The quantitative estimate of drug-likeness (QED) is 0.373. The average molecular weight is 343 g/mol. The lowest BCUT2D eigenvalue weighted by Crippen LogP contribution is -2.24. The Hall–Kier alpha value is -3.16. The van der Waals surface area contributed by atoms with Crippen LogP contribution in [0.15, 0.2) is 40.9 Å². The van der Waals surface area contributed by atoms with Crippen molar-refractivity contribution in [3.05, 3.63) is 58.1 Å². The zero-order chi connectivity index (χ0) is 18.1. The molecule has 1 heterocycles. The van der Waals surface area contributed by atoms with E-state index in [0.717, 1.165) is 0 Å². The van der Waals surface area contributed by atoms with Crippen LogP contribution in [-0.2, 0) is 6.54 Å². The number of allylic oxidation sites excluding steroid dienone is 3. The standard InChI is InChI=1S/C17H18FN5O2/c1-8(19)22-23-16(24)12-5-4-10(13-7-21-17(25)15(12)13)11-3-2-9(20)6-14(11)18/h2,4-6,11H,3,7,20H2,1H3,(H2,19,22)(H,21,25)(H,23,24). The molecule has 0 aromatic heterocycles. The topological polar surface area (TPSA) is 123 Å². The summed E-state index contributed by atoms with van der Waals surface area (Å²) in [4.78, 5) is 24.5. The zero-order valence-corrected chi connectivity index (χ0v) is 13.6. The number of hydrazone groups is 1. The molecule has 1 aromatic carbocycles. The lowest BCUT2D eigenvalue weighted by molar-refractivity contribution is 0.0927. The molecule has 8 heteroatoms. The van der Waals surface area contributed by atoms with E-state index in [1.54, 1.807) is 12.1 Å². The summed E-state index contributed by atoms with van der Waals surface area (Å²) >= 11 is 0. The summed E-state index contributed by atoms with van der Waals surface area (Å²) in [5.41, 5.74) is 15.4. The third-order valence-electron chi connectivity index (χ3n) is 4.18. The zero-order valence-electron chi connectivity index (χ0n) is 13.6. The highest BCUT2D eigenvalue weighted by atomic mass is 19.1. The SMILES string of the molecule is C/C(N)=N/NC(=O)c1ccc(C2CC=C(N)C=C2F)c2c1C(=O)NC2. The van der Waals surface area contributed by atoms with Gasteiger partial charge in [-0.15, -0.1) is 0 Å². The maximum atomic E-state index is 14.3. The summed E-state index contributed by atoms with van der Waals surface area (Å²) < 4.78 is 14.3. The number of amides is 2. The van der Waals surface area contributed by atoms with Gasteiger partial charge in [0.05, 0.1) is 11.1 Å². The lowest BCUT2D eigenvalue weighted by Gasteiger charge is -2.21. The van der Waals surface area contributed by atoms with E-state index >= 15 is 0 Å². The van der Waals surface area contributed by atoms with Crippen molar-refractivity contribution in [2.45, 2.75) is 25.8 Å². The van der Waals surface area contributed by atoms with Crippen LogP contribution in [0, 0.1) is 0 Å². The number of benzene rings is 1. The van der Waals surface area contributed by atoms with Gasteiger partial charge in [-0.1, -0.05) is 12.1 Å². The van der Waals surface area contributed by atoms with Crippen molar-refractivity contribution in [3.63, 3.8) is 0 Å². The highest BCUT2D eigenvalue weighted by Gasteiger charge is 2.32. The number of hydrogen-bond donors (Lipinski definition) is 4. The molecule has 0 radical (unpaired) electrons. The van der Waals surface area contributed by atoms with Gasteiger partial charge in [0.25, 0.3) is 11.8 Å². The molecule has 3 rings (SSSR count). The minimum absolute atomic E-state index is 0.175. The molecule has 1 aliphatic carbocycles. The number of nitrogens with one attached hydrogen (secondary N) is 2. The van der Waals surface area contributed by atoms with E-state index in [2.05, 4.69) is 15.8 Å². The predicted molar refractivity (Wildman–Crippen MR) is 91.2 cm³/mol. The predicted octanol–water partition coefficient (Wildman–Crippen LogP) is 1.14. The smallest absolute Gasteiger partial charge is 0.272 e. The third-order valence-corrected chi connectivity index (χ3v) is 4.18. The van der Waals surface area contributed by atoms with Gasteiger partial charge in [0.15, 0.2) is 0 Å². The Morgan fingerprint density at radius 2 is 2.20 bits per heavy atom. The molecule has 0 bridgehead atoms. The summed E-state index contributed by atoms with van der Waals surface area (Å²) in [6.07, 6.45) is 3.42. The number of hydrogen-bond acceptors (Lipinski definition) is 4. The average Bonchev–Trinajstić information content (AvgIpc) is 2.94. The van der Waals surface area contributed by atoms with Crippen LogP contribution < -0.4 is 22.2 Å². The highest BCUT2D eigenvalue weighted by Crippen LogP contribution is 2.38. The van der Waals surface area contributed by atoms with E-state index in [4.69, 9.17) is 11.5 Å². The van der Waals surface area contributed by atoms with Gasteiger partial charge in [-0.25, -0.2) is 9.82 Å². The van der Waals surface area contributed by atoms with Crippen LogP contribution in [0.2, 0.25) is 0 Å². The van der Waals surface area contributed by atoms with E-state index in [0.29, 0.717) is 23.2 Å². The molecule has 25 heavy (non-hydrogen) atoms. The Labute approximate surface area is 143 Å². The van der Waals surface area contributed by atoms with Crippen molar-refractivity contribution < 1.29 is 14.0 Å². The van der Waals surface area contributed by atoms with Gasteiger partial charge in [0, 0.05) is 18.2 Å². The Balaban J connectivity index is 2.02. The van der Waals surface area contributed by atoms with Crippen LogP contribution in [0.1, 0.15) is 51.1 Å². The van der Waals surface area contributed by atoms with E-state index < -0.39 is 11.8 Å². The fourth-order valence-corrected chi connectivity index (χ4v) is 3.05. The molecule has 7 nitrogen and oxygen atoms in total. The van der Waals surface area contributed by atoms with Crippen molar-refractivity contribution in [3.8, 4) is 0 Å².